The van der Waals surface area contributed by atoms with Crippen molar-refractivity contribution in [2.75, 3.05) is 6.61 Å². The number of benzene rings is 4. The summed E-state index contributed by atoms with van der Waals surface area (Å²) in [7, 11) is 0. The molecule has 0 spiro atoms. The van der Waals surface area contributed by atoms with Gasteiger partial charge >= 0.3 is 6.18 Å². The van der Waals surface area contributed by atoms with E-state index in [2.05, 4.69) is 26.0 Å². The molecule has 9 nitrogen and oxygen atoms in total. The Bertz CT molecular complexity index is 1940. The van der Waals surface area contributed by atoms with Crippen molar-refractivity contribution in [3.63, 3.8) is 0 Å². The molecule has 0 atom stereocenters. The highest BCUT2D eigenvalue weighted by molar-refractivity contribution is 9.10. The molecule has 0 fully saturated rings. The van der Waals surface area contributed by atoms with Gasteiger partial charge in [-0.05, 0) is 76.9 Å². The van der Waals surface area contributed by atoms with Crippen molar-refractivity contribution in [2.45, 2.75) is 19.7 Å². The first-order valence-corrected chi connectivity index (χ1v) is 13.9. The van der Waals surface area contributed by atoms with Gasteiger partial charge < -0.3 is 9.47 Å². The Balaban J connectivity index is 1.53. The molecule has 0 radical (unpaired) electrons. The van der Waals surface area contributed by atoms with E-state index in [1.807, 2.05) is 0 Å². The molecule has 0 bridgehead atoms. The van der Waals surface area contributed by atoms with Gasteiger partial charge in [-0.3, -0.25) is 14.9 Å². The zero-order chi connectivity index (χ0) is 31.4. The van der Waals surface area contributed by atoms with Crippen molar-refractivity contribution in [3.05, 3.63) is 127 Å². The summed E-state index contributed by atoms with van der Waals surface area (Å²) in [6, 6.07) is 20.2. The Morgan fingerprint density at radius 1 is 1.00 bits per heavy atom. The van der Waals surface area contributed by atoms with Crippen LogP contribution in [-0.2, 0) is 12.8 Å². The van der Waals surface area contributed by atoms with Gasteiger partial charge in [-0.1, -0.05) is 24.3 Å². The maximum Gasteiger partial charge on any atom is 0.416 e. The molecule has 0 aliphatic heterocycles. The summed E-state index contributed by atoms with van der Waals surface area (Å²) in [5.41, 5.74) is 0.0581. The highest BCUT2D eigenvalue weighted by atomic mass is 79.9. The molecule has 0 aliphatic carbocycles. The lowest BCUT2D eigenvalue weighted by atomic mass is 10.1. The van der Waals surface area contributed by atoms with E-state index in [9.17, 15) is 28.1 Å². The minimum atomic E-state index is -4.59. The molecule has 5 rings (SSSR count). The van der Waals surface area contributed by atoms with Crippen LogP contribution in [0.1, 0.15) is 23.6 Å². The number of aromatic nitrogens is 2. The summed E-state index contributed by atoms with van der Waals surface area (Å²) in [6.45, 7) is 2.20. The smallest absolute Gasteiger partial charge is 0.416 e. The van der Waals surface area contributed by atoms with E-state index in [4.69, 9.17) is 9.47 Å². The highest BCUT2D eigenvalue weighted by Crippen LogP contribution is 2.35. The summed E-state index contributed by atoms with van der Waals surface area (Å²) < 4.78 is 53.6. The highest BCUT2D eigenvalue weighted by Gasteiger charge is 2.31. The molecule has 44 heavy (non-hydrogen) atoms. The molecule has 4 aromatic carbocycles. The molecule has 1 aromatic heterocycles. The Hall–Kier alpha value is -5.04. The summed E-state index contributed by atoms with van der Waals surface area (Å²) in [4.78, 5) is 28.4. The summed E-state index contributed by atoms with van der Waals surface area (Å²) in [6.07, 6.45) is -3.23. The second-order valence-corrected chi connectivity index (χ2v) is 10.2. The molecule has 5 aromatic rings. The zero-order valence-corrected chi connectivity index (χ0v) is 24.5. The average molecular weight is 667 g/mol. The molecular formula is C31H22BrF3N4O5. The lowest BCUT2D eigenvalue weighted by molar-refractivity contribution is -0.384. The molecule has 0 saturated carbocycles. The van der Waals surface area contributed by atoms with Gasteiger partial charge in [0.2, 0.25) is 0 Å². The first-order chi connectivity index (χ1) is 21.0. The van der Waals surface area contributed by atoms with Crippen LogP contribution in [0.25, 0.3) is 22.3 Å². The van der Waals surface area contributed by atoms with E-state index < -0.39 is 22.2 Å². The normalized spacial score (nSPS) is 11.7. The van der Waals surface area contributed by atoms with Crippen molar-refractivity contribution < 1.29 is 27.6 Å². The molecule has 0 aliphatic rings. The molecule has 0 N–H and O–H groups in total. The van der Waals surface area contributed by atoms with Crippen LogP contribution in [0.3, 0.4) is 0 Å². The van der Waals surface area contributed by atoms with Crippen molar-refractivity contribution >= 4 is 38.7 Å². The monoisotopic (exact) mass is 666 g/mol. The maximum atomic E-state index is 13.5. The molecule has 0 amide bonds. The Morgan fingerprint density at radius 3 is 2.43 bits per heavy atom. The fourth-order valence-corrected chi connectivity index (χ4v) is 4.70. The van der Waals surface area contributed by atoms with Gasteiger partial charge in [-0.15, -0.1) is 0 Å². The lowest BCUT2D eigenvalue weighted by Gasteiger charge is -2.14. The quantitative estimate of drug-likeness (QED) is 0.0910. The van der Waals surface area contributed by atoms with Gasteiger partial charge in [0.15, 0.2) is 17.3 Å². The minimum absolute atomic E-state index is 0.0351. The number of nitrogens with zero attached hydrogens (tertiary/aromatic N) is 4. The van der Waals surface area contributed by atoms with Gasteiger partial charge in [0.25, 0.3) is 11.2 Å². The van der Waals surface area contributed by atoms with Crippen LogP contribution in [-0.4, -0.2) is 27.4 Å². The number of halogens is 4. The number of ether oxygens (including phenoxy) is 2. The Labute approximate surface area is 256 Å². The van der Waals surface area contributed by atoms with Gasteiger partial charge in [0.1, 0.15) is 6.61 Å². The Morgan fingerprint density at radius 2 is 1.73 bits per heavy atom. The van der Waals surface area contributed by atoms with E-state index in [-0.39, 0.29) is 29.1 Å². The van der Waals surface area contributed by atoms with Gasteiger partial charge in [-0.25, -0.2) is 4.98 Å². The number of para-hydroxylation sites is 1. The molecule has 0 saturated heterocycles. The minimum Gasteiger partial charge on any atom is -0.490 e. The van der Waals surface area contributed by atoms with Crippen LogP contribution >= 0.6 is 15.9 Å². The van der Waals surface area contributed by atoms with E-state index in [1.54, 1.807) is 55.5 Å². The van der Waals surface area contributed by atoms with Gasteiger partial charge in [0, 0.05) is 27.7 Å². The molecule has 1 heterocycles. The van der Waals surface area contributed by atoms with Gasteiger partial charge in [-0.2, -0.15) is 22.9 Å². The van der Waals surface area contributed by atoms with Crippen molar-refractivity contribution in [1.82, 2.24) is 9.66 Å². The first-order valence-electron chi connectivity index (χ1n) is 13.1. The Kier molecular flexibility index (Phi) is 8.76. The second-order valence-electron chi connectivity index (χ2n) is 9.36. The van der Waals surface area contributed by atoms with E-state index >= 15 is 0 Å². The third kappa shape index (κ3) is 6.62. The standard InChI is InChI=1S/C31H22BrF3N4O5/c1-2-43-27-15-21(25(32)16-28(27)44-18-19-10-12-23(13-11-19)39(41)42)17-36-38-29(20-6-5-7-22(14-20)31(33,34)35)37-26-9-4-3-8-24(26)30(38)40/h3-17H,2,18H2,1H3. The fraction of sp³-hybridized carbons (Fsp3) is 0.129. The van der Waals surface area contributed by atoms with Crippen LogP contribution in [0.4, 0.5) is 18.9 Å². The van der Waals surface area contributed by atoms with Crippen LogP contribution in [0.15, 0.2) is 99.3 Å². The van der Waals surface area contributed by atoms with Gasteiger partial charge in [0.05, 0.1) is 34.2 Å². The summed E-state index contributed by atoms with van der Waals surface area (Å²) >= 11 is 3.48. The van der Waals surface area contributed by atoms with E-state index in [0.29, 0.717) is 39.2 Å². The number of alkyl halides is 3. The average Bonchev–Trinajstić information content (AvgIpc) is 3.01. The van der Waals surface area contributed by atoms with E-state index in [0.717, 1.165) is 16.8 Å². The van der Waals surface area contributed by atoms with Crippen LogP contribution in [0.5, 0.6) is 11.5 Å². The van der Waals surface area contributed by atoms with Crippen LogP contribution in [0.2, 0.25) is 0 Å². The largest absolute Gasteiger partial charge is 0.490 e. The zero-order valence-electron chi connectivity index (χ0n) is 22.9. The molecule has 13 heteroatoms. The summed E-state index contributed by atoms with van der Waals surface area (Å²) in [5.74, 6) is 0.671. The predicted octanol–water partition coefficient (Wildman–Crippen LogP) is 7.61. The molecular weight excluding hydrogens is 645 g/mol. The van der Waals surface area contributed by atoms with Crippen molar-refractivity contribution in [1.29, 1.82) is 0 Å². The number of hydrogen-bond acceptors (Lipinski definition) is 7. The SMILES string of the molecule is CCOc1cc(C=Nn2c(-c3cccc(C(F)(F)F)c3)nc3ccccc3c2=O)c(Br)cc1OCc1ccc([N+](=O)[O-])cc1. The third-order valence-electron chi connectivity index (χ3n) is 6.42. The van der Waals surface area contributed by atoms with Crippen LogP contribution < -0.4 is 15.0 Å². The fourth-order valence-electron chi connectivity index (χ4n) is 4.28. The van der Waals surface area contributed by atoms with E-state index in [1.165, 1.54) is 30.5 Å². The van der Waals surface area contributed by atoms with Crippen molar-refractivity contribution in [2.24, 2.45) is 5.10 Å². The number of nitro groups is 1. The topological polar surface area (TPSA) is 109 Å². The third-order valence-corrected chi connectivity index (χ3v) is 7.11. The number of fused-ring (bicyclic) bond motifs is 1. The first kappa shape index (κ1) is 30.4. The summed E-state index contributed by atoms with van der Waals surface area (Å²) in [5, 5.41) is 15.5. The number of hydrogen-bond donors (Lipinski definition) is 0. The number of nitro benzene ring substituents is 1. The van der Waals surface area contributed by atoms with Crippen LogP contribution in [0, 0.1) is 10.1 Å². The second kappa shape index (κ2) is 12.7. The lowest BCUT2D eigenvalue weighted by Crippen LogP contribution is -2.20. The van der Waals surface area contributed by atoms with Crippen molar-refractivity contribution in [3.8, 4) is 22.9 Å². The number of rotatable bonds is 9. The molecule has 0 unspecified atom stereocenters. The number of non-ortho nitro benzene ring substituents is 1. The predicted molar refractivity (Wildman–Crippen MR) is 162 cm³/mol. The molecule has 224 valence electrons. The maximum absolute atomic E-state index is 13.5.